The molecule has 1 aliphatic rings. The Morgan fingerprint density at radius 3 is 2.68 bits per heavy atom. The van der Waals surface area contributed by atoms with Crippen LogP contribution in [-0.4, -0.2) is 46.3 Å². The molecule has 1 saturated heterocycles. The summed E-state index contributed by atoms with van der Waals surface area (Å²) < 4.78 is 0. The smallest absolute Gasteiger partial charge is 0.256 e. The molecule has 132 valence electrons. The highest BCUT2D eigenvalue weighted by Gasteiger charge is 2.27. The number of hydrogen-bond donors (Lipinski definition) is 0. The van der Waals surface area contributed by atoms with Crippen molar-refractivity contribution < 1.29 is 4.79 Å². The maximum absolute atomic E-state index is 12.2. The van der Waals surface area contributed by atoms with Gasteiger partial charge in [0.15, 0.2) is 0 Å². The lowest BCUT2D eigenvalue weighted by Gasteiger charge is -2.34. The van der Waals surface area contributed by atoms with E-state index in [1.54, 1.807) is 25.2 Å². The number of benzene rings is 1. The Balaban J connectivity index is 1.83. The van der Waals surface area contributed by atoms with E-state index in [1.165, 1.54) is 18.4 Å². The van der Waals surface area contributed by atoms with Crippen molar-refractivity contribution in [2.45, 2.75) is 38.8 Å². The molecule has 0 radical (unpaired) electrons. The number of aromatic nitrogens is 2. The van der Waals surface area contributed by atoms with Crippen LogP contribution in [0.3, 0.4) is 0 Å². The van der Waals surface area contributed by atoms with Crippen molar-refractivity contribution in [3.63, 3.8) is 0 Å². The van der Waals surface area contributed by atoms with Gasteiger partial charge in [0.1, 0.15) is 5.82 Å². The summed E-state index contributed by atoms with van der Waals surface area (Å²) in [5.74, 6) is 0.789. The number of piperidine rings is 1. The summed E-state index contributed by atoms with van der Waals surface area (Å²) in [4.78, 5) is 25.5. The monoisotopic (exact) mass is 338 g/mol. The molecule has 5 nitrogen and oxygen atoms in total. The van der Waals surface area contributed by atoms with Gasteiger partial charge in [-0.05, 0) is 31.9 Å². The molecule has 0 aliphatic carbocycles. The molecule has 0 unspecified atom stereocenters. The molecule has 1 aromatic carbocycles. The minimum Gasteiger partial charge on any atom is -0.345 e. The van der Waals surface area contributed by atoms with Gasteiger partial charge in [-0.25, -0.2) is 9.97 Å². The lowest BCUT2D eigenvalue weighted by Crippen LogP contribution is -2.34. The van der Waals surface area contributed by atoms with Crippen LogP contribution in [0.25, 0.3) is 0 Å². The van der Waals surface area contributed by atoms with E-state index < -0.39 is 0 Å². The molecule has 25 heavy (non-hydrogen) atoms. The van der Waals surface area contributed by atoms with Gasteiger partial charge in [-0.2, -0.15) is 0 Å². The van der Waals surface area contributed by atoms with Crippen LogP contribution in [0.2, 0.25) is 0 Å². The summed E-state index contributed by atoms with van der Waals surface area (Å²) in [6.07, 6.45) is 5.15. The average molecular weight is 338 g/mol. The second-order valence-corrected chi connectivity index (χ2v) is 6.89. The van der Waals surface area contributed by atoms with Crippen LogP contribution in [0.5, 0.6) is 0 Å². The molecule has 2 heterocycles. The van der Waals surface area contributed by atoms with Gasteiger partial charge in [-0.1, -0.05) is 36.8 Å². The largest absolute Gasteiger partial charge is 0.345 e. The summed E-state index contributed by atoms with van der Waals surface area (Å²) in [5.41, 5.74) is 2.65. The Bertz CT molecular complexity index is 730. The summed E-state index contributed by atoms with van der Waals surface area (Å²) in [7, 11) is 3.50. The molecule has 1 atom stereocenters. The van der Waals surface area contributed by atoms with E-state index in [0.29, 0.717) is 5.56 Å². The van der Waals surface area contributed by atoms with Crippen molar-refractivity contribution in [1.82, 2.24) is 19.8 Å². The predicted octanol–water partition coefficient (Wildman–Crippen LogP) is 3.21. The third-order valence-corrected chi connectivity index (χ3v) is 4.77. The van der Waals surface area contributed by atoms with Crippen LogP contribution >= 0.6 is 0 Å². The molecule has 0 saturated carbocycles. The highest BCUT2D eigenvalue weighted by molar-refractivity contribution is 5.94. The molecule has 1 aliphatic heterocycles. The van der Waals surface area contributed by atoms with E-state index in [0.717, 1.165) is 31.0 Å². The topological polar surface area (TPSA) is 49.3 Å². The van der Waals surface area contributed by atoms with Gasteiger partial charge in [-0.3, -0.25) is 9.69 Å². The summed E-state index contributed by atoms with van der Waals surface area (Å²) >= 11 is 0. The molecular weight excluding hydrogens is 312 g/mol. The van der Waals surface area contributed by atoms with Crippen molar-refractivity contribution in [2.24, 2.45) is 0 Å². The number of amides is 1. The molecule has 0 N–H and O–H groups in total. The van der Waals surface area contributed by atoms with E-state index >= 15 is 0 Å². The quantitative estimate of drug-likeness (QED) is 0.859. The highest BCUT2D eigenvalue weighted by atomic mass is 16.2. The second kappa shape index (κ2) is 7.74. The van der Waals surface area contributed by atoms with E-state index in [9.17, 15) is 4.79 Å². The number of nitrogens with zero attached hydrogens (tertiary/aromatic N) is 4. The van der Waals surface area contributed by atoms with Crippen molar-refractivity contribution in [3.8, 4) is 0 Å². The van der Waals surface area contributed by atoms with Crippen LogP contribution in [0.1, 0.15) is 52.7 Å². The van der Waals surface area contributed by atoms with E-state index in [4.69, 9.17) is 4.98 Å². The van der Waals surface area contributed by atoms with Crippen molar-refractivity contribution in [2.75, 3.05) is 20.6 Å². The fourth-order valence-electron chi connectivity index (χ4n) is 3.39. The SMILES string of the molecule is Cc1nc([C@@H]2CCCCN2Cc2ccccc2)ncc1C(=O)N(C)C. The standard InChI is InChI=1S/C20H26N4O/c1-15-17(20(25)23(2)3)13-21-19(22-15)18-11-7-8-12-24(18)14-16-9-5-4-6-10-16/h4-6,9-10,13,18H,7-8,11-12,14H2,1-3H3/t18-/m0/s1. The van der Waals surface area contributed by atoms with Crippen molar-refractivity contribution in [3.05, 3.63) is 59.2 Å². The Labute approximate surface area is 149 Å². The minimum atomic E-state index is -0.0474. The van der Waals surface area contributed by atoms with Crippen LogP contribution in [0.15, 0.2) is 36.5 Å². The van der Waals surface area contributed by atoms with Crippen LogP contribution < -0.4 is 0 Å². The summed E-state index contributed by atoms with van der Waals surface area (Å²) in [6, 6.07) is 10.8. The van der Waals surface area contributed by atoms with Gasteiger partial charge in [0.05, 0.1) is 17.3 Å². The number of carbonyl (C=O) groups excluding carboxylic acids is 1. The van der Waals surface area contributed by atoms with Gasteiger partial charge >= 0.3 is 0 Å². The molecule has 0 spiro atoms. The Kier molecular flexibility index (Phi) is 5.43. The minimum absolute atomic E-state index is 0.0474. The maximum Gasteiger partial charge on any atom is 0.256 e. The Morgan fingerprint density at radius 1 is 1.24 bits per heavy atom. The summed E-state index contributed by atoms with van der Waals surface area (Å²) in [5, 5.41) is 0. The Hall–Kier alpha value is -2.27. The van der Waals surface area contributed by atoms with Crippen LogP contribution in [0, 0.1) is 6.92 Å². The molecule has 1 fully saturated rings. The number of rotatable bonds is 4. The first-order chi connectivity index (χ1) is 12.1. The number of aryl methyl sites for hydroxylation is 1. The van der Waals surface area contributed by atoms with Crippen molar-refractivity contribution >= 4 is 5.91 Å². The van der Waals surface area contributed by atoms with Gasteiger partial charge in [0.25, 0.3) is 5.91 Å². The molecule has 0 bridgehead atoms. The van der Waals surface area contributed by atoms with E-state index in [2.05, 4.69) is 34.1 Å². The van der Waals surface area contributed by atoms with Crippen LogP contribution in [-0.2, 0) is 6.54 Å². The lowest BCUT2D eigenvalue weighted by atomic mass is 10.00. The first kappa shape index (κ1) is 17.5. The maximum atomic E-state index is 12.2. The zero-order chi connectivity index (χ0) is 17.8. The molecule has 5 heteroatoms. The van der Waals surface area contributed by atoms with Crippen LogP contribution in [0.4, 0.5) is 0 Å². The molecular formula is C20H26N4O. The number of hydrogen-bond acceptors (Lipinski definition) is 4. The first-order valence-corrected chi connectivity index (χ1v) is 8.89. The fraction of sp³-hybridized carbons (Fsp3) is 0.450. The van der Waals surface area contributed by atoms with E-state index in [-0.39, 0.29) is 11.9 Å². The molecule has 1 aromatic heterocycles. The number of likely N-dealkylation sites (tertiary alicyclic amines) is 1. The van der Waals surface area contributed by atoms with Gasteiger partial charge in [0.2, 0.25) is 0 Å². The zero-order valence-corrected chi connectivity index (χ0v) is 15.3. The number of carbonyl (C=O) groups is 1. The first-order valence-electron chi connectivity index (χ1n) is 8.89. The van der Waals surface area contributed by atoms with Gasteiger partial charge < -0.3 is 4.90 Å². The molecule has 3 rings (SSSR count). The normalized spacial score (nSPS) is 18.1. The van der Waals surface area contributed by atoms with Gasteiger partial charge in [-0.15, -0.1) is 0 Å². The average Bonchev–Trinajstić information content (AvgIpc) is 2.62. The second-order valence-electron chi connectivity index (χ2n) is 6.89. The fourth-order valence-corrected chi connectivity index (χ4v) is 3.39. The molecule has 2 aromatic rings. The Morgan fingerprint density at radius 2 is 2.00 bits per heavy atom. The van der Waals surface area contributed by atoms with E-state index in [1.807, 2.05) is 13.0 Å². The third kappa shape index (κ3) is 4.04. The zero-order valence-electron chi connectivity index (χ0n) is 15.3. The third-order valence-electron chi connectivity index (χ3n) is 4.77. The highest BCUT2D eigenvalue weighted by Crippen LogP contribution is 2.30. The molecule has 1 amide bonds. The van der Waals surface area contributed by atoms with Crippen molar-refractivity contribution in [1.29, 1.82) is 0 Å². The predicted molar refractivity (Wildman–Crippen MR) is 98.2 cm³/mol. The van der Waals surface area contributed by atoms with Gasteiger partial charge in [0, 0.05) is 26.8 Å². The lowest BCUT2D eigenvalue weighted by molar-refractivity contribution is 0.0825. The summed E-state index contributed by atoms with van der Waals surface area (Å²) in [6.45, 7) is 3.86.